The zero-order valence-corrected chi connectivity index (χ0v) is 9.64. The summed E-state index contributed by atoms with van der Waals surface area (Å²) in [5.74, 6) is -1.34. The maximum atomic E-state index is 13.3. The Bertz CT molecular complexity index is 599. The standard InChI is InChI=1S/C13H11FN2O2/c1-8-2-3-12(17)9(6-8)13(18)16-11-4-5-15-7-10(11)14/h2-7,17H,1H3,(H,15,16,18). The largest absolute Gasteiger partial charge is 0.507 e. The van der Waals surface area contributed by atoms with E-state index in [4.69, 9.17) is 0 Å². The van der Waals surface area contributed by atoms with Gasteiger partial charge in [0.2, 0.25) is 0 Å². The third kappa shape index (κ3) is 2.45. The van der Waals surface area contributed by atoms with Crippen LogP contribution >= 0.6 is 0 Å². The van der Waals surface area contributed by atoms with Crippen LogP contribution in [-0.2, 0) is 0 Å². The minimum atomic E-state index is -0.627. The Hall–Kier alpha value is -2.43. The highest BCUT2D eigenvalue weighted by Gasteiger charge is 2.13. The molecule has 0 fully saturated rings. The SMILES string of the molecule is Cc1ccc(O)c(C(=O)Nc2ccncc2F)c1. The average molecular weight is 246 g/mol. The van der Waals surface area contributed by atoms with Crippen molar-refractivity contribution < 1.29 is 14.3 Å². The van der Waals surface area contributed by atoms with Crippen molar-refractivity contribution in [2.75, 3.05) is 5.32 Å². The minimum absolute atomic E-state index is 0.0240. The fourth-order valence-electron chi connectivity index (χ4n) is 1.50. The Labute approximate surface area is 103 Å². The van der Waals surface area contributed by atoms with Crippen LogP contribution in [0.1, 0.15) is 15.9 Å². The van der Waals surface area contributed by atoms with E-state index in [-0.39, 0.29) is 17.0 Å². The number of pyridine rings is 1. The first-order valence-corrected chi connectivity index (χ1v) is 5.28. The molecule has 0 saturated carbocycles. The number of phenolic OH excluding ortho intramolecular Hbond substituents is 1. The number of hydrogen-bond donors (Lipinski definition) is 2. The predicted molar refractivity (Wildman–Crippen MR) is 65.0 cm³/mol. The van der Waals surface area contributed by atoms with Crippen molar-refractivity contribution in [2.24, 2.45) is 0 Å². The Morgan fingerprint density at radius 1 is 1.39 bits per heavy atom. The summed E-state index contributed by atoms with van der Waals surface area (Å²) < 4.78 is 13.3. The summed E-state index contributed by atoms with van der Waals surface area (Å²) in [5.41, 5.74) is 0.954. The van der Waals surface area contributed by atoms with Crippen LogP contribution in [0.15, 0.2) is 36.7 Å². The number of aromatic nitrogens is 1. The van der Waals surface area contributed by atoms with Crippen LogP contribution in [0, 0.1) is 12.7 Å². The van der Waals surface area contributed by atoms with Gasteiger partial charge in [-0.2, -0.15) is 0 Å². The first-order valence-electron chi connectivity index (χ1n) is 5.28. The van der Waals surface area contributed by atoms with Gasteiger partial charge in [0.25, 0.3) is 5.91 Å². The quantitative estimate of drug-likeness (QED) is 0.855. The lowest BCUT2D eigenvalue weighted by atomic mass is 10.1. The number of anilines is 1. The number of halogens is 1. The molecule has 18 heavy (non-hydrogen) atoms. The summed E-state index contributed by atoms with van der Waals surface area (Å²) in [5, 5.41) is 12.0. The molecule has 1 amide bonds. The van der Waals surface area contributed by atoms with Gasteiger partial charge in [-0.3, -0.25) is 9.78 Å². The van der Waals surface area contributed by atoms with E-state index in [1.165, 1.54) is 24.4 Å². The molecule has 92 valence electrons. The van der Waals surface area contributed by atoms with E-state index in [1.807, 2.05) is 0 Å². The average Bonchev–Trinajstić information content (AvgIpc) is 2.35. The molecular formula is C13H11FN2O2. The van der Waals surface area contributed by atoms with Crippen molar-refractivity contribution in [1.29, 1.82) is 0 Å². The molecule has 2 N–H and O–H groups in total. The molecule has 2 rings (SSSR count). The van der Waals surface area contributed by atoms with Crippen molar-refractivity contribution >= 4 is 11.6 Å². The topological polar surface area (TPSA) is 62.2 Å². The molecule has 0 saturated heterocycles. The van der Waals surface area contributed by atoms with Crippen LogP contribution in [0.2, 0.25) is 0 Å². The minimum Gasteiger partial charge on any atom is -0.507 e. The van der Waals surface area contributed by atoms with Crippen LogP contribution in [0.3, 0.4) is 0 Å². The van der Waals surface area contributed by atoms with Crippen molar-refractivity contribution in [1.82, 2.24) is 4.98 Å². The van der Waals surface area contributed by atoms with Crippen molar-refractivity contribution in [2.45, 2.75) is 6.92 Å². The van der Waals surface area contributed by atoms with Crippen LogP contribution in [0.5, 0.6) is 5.75 Å². The summed E-state index contributed by atoms with van der Waals surface area (Å²) in [4.78, 5) is 15.5. The van der Waals surface area contributed by atoms with Gasteiger partial charge in [-0.05, 0) is 25.1 Å². The highest BCUT2D eigenvalue weighted by molar-refractivity contribution is 6.06. The van der Waals surface area contributed by atoms with Gasteiger partial charge in [-0.25, -0.2) is 4.39 Å². The Morgan fingerprint density at radius 2 is 2.17 bits per heavy atom. The van der Waals surface area contributed by atoms with E-state index < -0.39 is 11.7 Å². The maximum absolute atomic E-state index is 13.3. The first-order chi connectivity index (χ1) is 8.58. The van der Waals surface area contributed by atoms with Gasteiger partial charge < -0.3 is 10.4 Å². The summed E-state index contributed by atoms with van der Waals surface area (Å²) in [7, 11) is 0. The summed E-state index contributed by atoms with van der Waals surface area (Å²) in [6.07, 6.45) is 2.38. The van der Waals surface area contributed by atoms with Crippen LogP contribution < -0.4 is 5.32 Å². The number of benzene rings is 1. The summed E-state index contributed by atoms with van der Waals surface area (Å²) in [6, 6.07) is 5.98. The third-order valence-electron chi connectivity index (χ3n) is 2.42. The highest BCUT2D eigenvalue weighted by atomic mass is 19.1. The molecule has 4 nitrogen and oxygen atoms in total. The fraction of sp³-hybridized carbons (Fsp3) is 0.0769. The second kappa shape index (κ2) is 4.83. The molecule has 1 aromatic heterocycles. The van der Waals surface area contributed by atoms with E-state index in [1.54, 1.807) is 13.0 Å². The van der Waals surface area contributed by atoms with Crippen molar-refractivity contribution in [3.8, 4) is 5.75 Å². The molecule has 2 aromatic rings. The van der Waals surface area contributed by atoms with Gasteiger partial charge in [-0.1, -0.05) is 11.6 Å². The number of phenols is 1. The summed E-state index contributed by atoms with van der Waals surface area (Å²) >= 11 is 0. The normalized spacial score (nSPS) is 10.1. The Kier molecular flexibility index (Phi) is 3.23. The van der Waals surface area contributed by atoms with Crippen LogP contribution in [0.25, 0.3) is 0 Å². The van der Waals surface area contributed by atoms with E-state index in [0.29, 0.717) is 0 Å². The second-order valence-electron chi connectivity index (χ2n) is 3.83. The van der Waals surface area contributed by atoms with Crippen molar-refractivity contribution in [3.63, 3.8) is 0 Å². The molecule has 0 spiro atoms. The van der Waals surface area contributed by atoms with Gasteiger partial charge in [0.15, 0.2) is 5.82 Å². The Morgan fingerprint density at radius 3 is 2.89 bits per heavy atom. The maximum Gasteiger partial charge on any atom is 0.259 e. The van der Waals surface area contributed by atoms with Gasteiger partial charge in [-0.15, -0.1) is 0 Å². The van der Waals surface area contributed by atoms with Crippen LogP contribution in [0.4, 0.5) is 10.1 Å². The molecule has 0 atom stereocenters. The number of aryl methyl sites for hydroxylation is 1. The van der Waals surface area contributed by atoms with Crippen molar-refractivity contribution in [3.05, 3.63) is 53.6 Å². The lowest BCUT2D eigenvalue weighted by Gasteiger charge is -2.08. The Balaban J connectivity index is 2.28. The first kappa shape index (κ1) is 12.0. The molecule has 0 radical (unpaired) electrons. The molecule has 0 aliphatic heterocycles. The van der Waals surface area contributed by atoms with Gasteiger partial charge in [0, 0.05) is 6.20 Å². The van der Waals surface area contributed by atoms with Crippen LogP contribution in [-0.4, -0.2) is 16.0 Å². The number of nitrogens with one attached hydrogen (secondary N) is 1. The third-order valence-corrected chi connectivity index (χ3v) is 2.42. The zero-order chi connectivity index (χ0) is 13.1. The molecular weight excluding hydrogens is 235 g/mol. The number of carbonyl (C=O) groups is 1. The van der Waals surface area contributed by atoms with Gasteiger partial charge in [0.05, 0.1) is 17.4 Å². The monoisotopic (exact) mass is 246 g/mol. The molecule has 1 heterocycles. The van der Waals surface area contributed by atoms with E-state index in [0.717, 1.165) is 11.8 Å². The molecule has 0 aliphatic carbocycles. The molecule has 0 unspecified atom stereocenters. The second-order valence-corrected chi connectivity index (χ2v) is 3.83. The molecule has 1 aromatic carbocycles. The number of aromatic hydroxyl groups is 1. The lowest BCUT2D eigenvalue weighted by molar-refractivity contribution is 0.102. The number of rotatable bonds is 2. The number of amides is 1. The van der Waals surface area contributed by atoms with E-state index in [2.05, 4.69) is 10.3 Å². The van der Waals surface area contributed by atoms with E-state index in [9.17, 15) is 14.3 Å². The smallest absolute Gasteiger partial charge is 0.259 e. The van der Waals surface area contributed by atoms with Gasteiger partial charge in [0.1, 0.15) is 5.75 Å². The number of hydrogen-bond acceptors (Lipinski definition) is 3. The molecule has 5 heteroatoms. The van der Waals surface area contributed by atoms with Gasteiger partial charge >= 0.3 is 0 Å². The predicted octanol–water partition coefficient (Wildman–Crippen LogP) is 2.49. The fourth-order valence-corrected chi connectivity index (χ4v) is 1.50. The number of nitrogens with zero attached hydrogens (tertiary/aromatic N) is 1. The zero-order valence-electron chi connectivity index (χ0n) is 9.64. The number of carbonyl (C=O) groups excluding carboxylic acids is 1. The summed E-state index contributed by atoms with van der Waals surface area (Å²) in [6.45, 7) is 1.79. The lowest BCUT2D eigenvalue weighted by Crippen LogP contribution is -2.13. The van der Waals surface area contributed by atoms with E-state index >= 15 is 0 Å². The molecule has 0 bridgehead atoms. The molecule has 0 aliphatic rings. The highest BCUT2D eigenvalue weighted by Crippen LogP contribution is 2.20.